The van der Waals surface area contributed by atoms with Gasteiger partial charge in [0.25, 0.3) is 0 Å². The van der Waals surface area contributed by atoms with E-state index in [1.807, 2.05) is 73.1 Å². The topological polar surface area (TPSA) is 24.9 Å². The Morgan fingerprint density at radius 1 is 0.431 bits per heavy atom. The zero-order valence-corrected chi connectivity index (χ0v) is 28.6. The van der Waals surface area contributed by atoms with Gasteiger partial charge >= 0.3 is 0 Å². The molecule has 1 aliphatic heterocycles. The van der Waals surface area contributed by atoms with Gasteiger partial charge in [-0.2, -0.15) is 0 Å². The van der Waals surface area contributed by atoms with E-state index in [4.69, 9.17) is 9.68 Å². The molecule has 0 unspecified atom stereocenters. The highest BCUT2D eigenvalue weighted by molar-refractivity contribution is 6.05. The molecule has 0 bridgehead atoms. The van der Waals surface area contributed by atoms with E-state index < -0.39 is 0 Å². The molecule has 0 saturated carbocycles. The lowest BCUT2D eigenvalue weighted by Gasteiger charge is -2.31. The lowest BCUT2D eigenvalue weighted by Crippen LogP contribution is -2.28. The highest BCUT2D eigenvalue weighted by atomic mass is 16.7. The second-order valence-electron chi connectivity index (χ2n) is 12.8. The molecule has 4 heteroatoms. The summed E-state index contributed by atoms with van der Waals surface area (Å²) in [5, 5.41) is 3.56. The molecule has 0 atom stereocenters. The number of anilines is 2. The molecule has 51 heavy (non-hydrogen) atoms. The predicted molar refractivity (Wildman–Crippen MR) is 210 cm³/mol. The first-order valence-electron chi connectivity index (χ1n) is 17.7. The van der Waals surface area contributed by atoms with E-state index in [2.05, 4.69) is 109 Å². The molecule has 0 aromatic heterocycles. The molecule has 0 N–H and O–H groups in total. The van der Waals surface area contributed by atoms with Crippen molar-refractivity contribution >= 4 is 34.7 Å². The summed E-state index contributed by atoms with van der Waals surface area (Å²) in [5.41, 5.74) is 15.3. The van der Waals surface area contributed by atoms with Crippen LogP contribution in [0.15, 0.2) is 170 Å². The maximum atomic E-state index is 5.97. The van der Waals surface area contributed by atoms with Crippen LogP contribution in [0.4, 0.5) is 11.4 Å². The van der Waals surface area contributed by atoms with E-state index in [0.29, 0.717) is 13.2 Å². The second-order valence-corrected chi connectivity index (χ2v) is 12.8. The molecule has 0 saturated heterocycles. The van der Waals surface area contributed by atoms with Crippen LogP contribution in [-0.4, -0.2) is 0 Å². The molecule has 0 radical (unpaired) electrons. The average molecular weight is 665 g/mol. The molecule has 0 amide bonds. The summed E-state index contributed by atoms with van der Waals surface area (Å²) in [5.74, 6) is 0. The minimum absolute atomic E-state index is 0.504. The molecule has 250 valence electrons. The average Bonchev–Trinajstić information content (AvgIpc) is 3.37. The van der Waals surface area contributed by atoms with Gasteiger partial charge in [0.2, 0.25) is 0 Å². The van der Waals surface area contributed by atoms with Crippen molar-refractivity contribution in [1.82, 2.24) is 0 Å². The van der Waals surface area contributed by atoms with Crippen molar-refractivity contribution < 1.29 is 9.68 Å². The fourth-order valence-electron chi connectivity index (χ4n) is 7.05. The van der Waals surface area contributed by atoms with Crippen LogP contribution < -0.4 is 10.1 Å². The molecule has 6 aromatic rings. The first-order chi connectivity index (χ1) is 25.3. The molecule has 0 fully saturated rings. The number of aryl methyl sites for hydroxylation is 1. The van der Waals surface area contributed by atoms with E-state index in [9.17, 15) is 0 Å². The highest BCUT2D eigenvalue weighted by Crippen LogP contribution is 2.43. The predicted octanol–water partition coefficient (Wildman–Crippen LogP) is 11.5. The summed E-state index contributed by atoms with van der Waals surface area (Å²) < 4.78 is 0. The highest BCUT2D eigenvalue weighted by Gasteiger charge is 2.23. The maximum absolute atomic E-state index is 5.97. The normalized spacial score (nSPS) is 14.0. The van der Waals surface area contributed by atoms with Crippen molar-refractivity contribution in [1.29, 1.82) is 0 Å². The summed E-state index contributed by atoms with van der Waals surface area (Å²) in [6.45, 7) is 1.01. The van der Waals surface area contributed by atoms with E-state index >= 15 is 0 Å². The number of rotatable bonds is 6. The Hall–Kier alpha value is -5.94. The summed E-state index contributed by atoms with van der Waals surface area (Å²) >= 11 is 0. The number of benzene rings is 6. The number of hydroxylamine groups is 2. The number of hydrogen-bond donors (Lipinski definition) is 0. The van der Waals surface area contributed by atoms with Gasteiger partial charge in [0.15, 0.2) is 0 Å². The summed E-state index contributed by atoms with van der Waals surface area (Å²) in [4.78, 5) is 11.9. The summed E-state index contributed by atoms with van der Waals surface area (Å²) in [7, 11) is 0. The van der Waals surface area contributed by atoms with E-state index in [-0.39, 0.29) is 0 Å². The third kappa shape index (κ3) is 7.20. The van der Waals surface area contributed by atoms with Gasteiger partial charge in [0, 0.05) is 0 Å². The fourth-order valence-corrected chi connectivity index (χ4v) is 7.05. The van der Waals surface area contributed by atoms with Crippen molar-refractivity contribution in [2.24, 2.45) is 0 Å². The summed E-state index contributed by atoms with van der Waals surface area (Å²) in [6.07, 6.45) is 11.8. The first-order valence-corrected chi connectivity index (χ1v) is 17.7. The molecule has 6 aromatic carbocycles. The fraction of sp³-hybridized carbons (Fsp3) is 0.106. The van der Waals surface area contributed by atoms with Gasteiger partial charge in [0.05, 0.1) is 23.8 Å². The zero-order valence-electron chi connectivity index (χ0n) is 28.6. The van der Waals surface area contributed by atoms with Crippen LogP contribution in [0.1, 0.15) is 57.3 Å². The standard InChI is InChI=1S/C25H20.C22H20N2O2/c1-4-12-21-18(8-1)11-7-15-24(21)25-22-13-5-2-9-19(22)16-17-20-10-3-6-14-23(20)25;1-3-9-19(10-4-1)17-25-23-15-16-24(22-14-8-7-13-21(22)23)26-18-20-11-5-2-6-12-20/h1-6,8-10,12-14,16-17H,7,11,15H2;1-16H,17-18H2. The third-order valence-corrected chi connectivity index (χ3v) is 9.54. The number of fused-ring (bicyclic) bond motifs is 4. The van der Waals surface area contributed by atoms with E-state index in [0.717, 1.165) is 28.9 Å². The smallest absolute Gasteiger partial charge is 0.100 e. The van der Waals surface area contributed by atoms with Crippen LogP contribution >= 0.6 is 0 Å². The Morgan fingerprint density at radius 3 is 1.43 bits per heavy atom. The van der Waals surface area contributed by atoms with Crippen LogP contribution in [0.3, 0.4) is 0 Å². The van der Waals surface area contributed by atoms with E-state index in [1.165, 1.54) is 57.4 Å². The van der Waals surface area contributed by atoms with Crippen molar-refractivity contribution in [2.45, 2.75) is 32.5 Å². The van der Waals surface area contributed by atoms with Crippen LogP contribution in [-0.2, 0) is 29.3 Å². The lowest BCUT2D eigenvalue weighted by molar-refractivity contribution is 0.100. The number of hydrogen-bond acceptors (Lipinski definition) is 4. The van der Waals surface area contributed by atoms with Gasteiger partial charge in [-0.05, 0) is 87.0 Å². The van der Waals surface area contributed by atoms with Gasteiger partial charge in [0.1, 0.15) is 13.2 Å². The molecular weight excluding hydrogens is 625 g/mol. The molecule has 3 aliphatic rings. The van der Waals surface area contributed by atoms with E-state index in [1.54, 1.807) is 10.1 Å². The minimum Gasteiger partial charge on any atom is -0.264 e. The van der Waals surface area contributed by atoms with Gasteiger partial charge < -0.3 is 0 Å². The van der Waals surface area contributed by atoms with Gasteiger partial charge in [-0.15, -0.1) is 0 Å². The molecular formula is C47H40N2O2. The monoisotopic (exact) mass is 664 g/mol. The molecule has 1 heterocycles. The third-order valence-electron chi connectivity index (χ3n) is 9.54. The van der Waals surface area contributed by atoms with Gasteiger partial charge in [-0.3, -0.25) is 9.68 Å². The maximum Gasteiger partial charge on any atom is 0.100 e. The number of para-hydroxylation sites is 2. The Kier molecular flexibility index (Phi) is 9.69. The van der Waals surface area contributed by atoms with Gasteiger partial charge in [-0.1, -0.05) is 158 Å². The van der Waals surface area contributed by atoms with Crippen LogP contribution in [0, 0.1) is 0 Å². The number of allylic oxidation sites excluding steroid dienone is 1. The largest absolute Gasteiger partial charge is 0.264 e. The summed E-state index contributed by atoms with van der Waals surface area (Å²) in [6, 6.07) is 54.8. The van der Waals surface area contributed by atoms with Crippen molar-refractivity contribution in [3.8, 4) is 0 Å². The lowest BCUT2D eigenvalue weighted by atomic mass is 9.80. The molecule has 9 rings (SSSR count). The second kappa shape index (κ2) is 15.3. The Morgan fingerprint density at radius 2 is 0.882 bits per heavy atom. The minimum atomic E-state index is 0.504. The number of nitrogens with zero attached hydrogens (tertiary/aromatic N) is 2. The van der Waals surface area contributed by atoms with Crippen molar-refractivity contribution in [2.75, 3.05) is 10.1 Å². The quantitative estimate of drug-likeness (QED) is 0.177. The molecule has 4 nitrogen and oxygen atoms in total. The van der Waals surface area contributed by atoms with Crippen LogP contribution in [0.5, 0.6) is 0 Å². The van der Waals surface area contributed by atoms with Gasteiger partial charge in [-0.25, -0.2) is 10.1 Å². The molecule has 0 spiro atoms. The van der Waals surface area contributed by atoms with Crippen molar-refractivity contribution in [3.63, 3.8) is 0 Å². The van der Waals surface area contributed by atoms with Crippen molar-refractivity contribution in [3.05, 3.63) is 215 Å². The Balaban J connectivity index is 0.000000147. The molecule has 2 aliphatic carbocycles. The van der Waals surface area contributed by atoms with Crippen LogP contribution in [0.2, 0.25) is 0 Å². The van der Waals surface area contributed by atoms with Crippen LogP contribution in [0.25, 0.3) is 23.3 Å². The Labute approximate surface area is 300 Å². The first kappa shape index (κ1) is 32.3. The SMILES string of the molecule is C1=CN(OCc2ccccc2)c2ccccc2N1OCc1ccccc1.C1=Cc2ccccc2C(=C2CCCc3ccccc32)c2ccccc21. The Bertz CT molecular complexity index is 2080. The zero-order chi connectivity index (χ0) is 34.2.